The molecule has 56 valence electrons. The summed E-state index contributed by atoms with van der Waals surface area (Å²) in [5, 5.41) is 0. The van der Waals surface area contributed by atoms with Gasteiger partial charge in [0.05, 0.1) is 0 Å². The molecule has 0 amide bonds. The van der Waals surface area contributed by atoms with Gasteiger partial charge in [0.25, 0.3) is 0 Å². The summed E-state index contributed by atoms with van der Waals surface area (Å²) in [6, 6.07) is 0. The number of aromatic amines is 1. The van der Waals surface area contributed by atoms with Gasteiger partial charge < -0.3 is 10.7 Å². The molecule has 0 saturated heterocycles. The van der Waals surface area contributed by atoms with Crippen LogP contribution in [0.1, 0.15) is 5.69 Å². The first-order chi connectivity index (χ1) is 4.74. The van der Waals surface area contributed by atoms with Crippen molar-refractivity contribution in [2.45, 2.75) is 13.5 Å². The number of imidazole rings is 1. The van der Waals surface area contributed by atoms with Crippen molar-refractivity contribution < 1.29 is 0 Å². The summed E-state index contributed by atoms with van der Waals surface area (Å²) in [6.45, 7) is 2.93. The van der Waals surface area contributed by atoms with Crippen LogP contribution in [-0.4, -0.2) is 16.1 Å². The summed E-state index contributed by atoms with van der Waals surface area (Å²) in [5.41, 5.74) is 6.06. The van der Waals surface area contributed by atoms with Gasteiger partial charge in [-0.2, -0.15) is 0 Å². The van der Waals surface area contributed by atoms with E-state index in [9.17, 15) is 4.79 Å². The highest BCUT2D eigenvalue weighted by Crippen LogP contribution is 1.85. The fourth-order valence-electron chi connectivity index (χ4n) is 0.870. The zero-order valence-corrected chi connectivity index (χ0v) is 5.92. The third kappa shape index (κ3) is 1.27. The highest BCUT2D eigenvalue weighted by molar-refractivity contribution is 4.92. The minimum Gasteiger partial charge on any atom is -0.329 e. The van der Waals surface area contributed by atoms with E-state index in [-0.39, 0.29) is 5.69 Å². The lowest BCUT2D eigenvalue weighted by Crippen LogP contribution is -2.20. The first kappa shape index (κ1) is 7.08. The molecule has 1 rings (SSSR count). The molecular weight excluding hydrogens is 130 g/mol. The third-order valence-corrected chi connectivity index (χ3v) is 1.28. The van der Waals surface area contributed by atoms with Crippen LogP contribution in [0.5, 0.6) is 0 Å². The van der Waals surface area contributed by atoms with Crippen LogP contribution in [0, 0.1) is 6.92 Å². The second-order valence-electron chi connectivity index (χ2n) is 2.22. The van der Waals surface area contributed by atoms with Crippen LogP contribution in [0.3, 0.4) is 0 Å². The van der Waals surface area contributed by atoms with E-state index < -0.39 is 0 Å². The van der Waals surface area contributed by atoms with Crippen LogP contribution in [0.2, 0.25) is 0 Å². The number of H-pyrrole nitrogens is 1. The van der Waals surface area contributed by atoms with Crippen molar-refractivity contribution >= 4 is 0 Å². The molecule has 0 aliphatic heterocycles. The lowest BCUT2D eigenvalue weighted by atomic mass is 10.5. The Bertz CT molecular complexity index is 260. The highest BCUT2D eigenvalue weighted by Gasteiger charge is 1.95. The summed E-state index contributed by atoms with van der Waals surface area (Å²) >= 11 is 0. The Labute approximate surface area is 58.7 Å². The molecule has 3 N–H and O–H groups in total. The predicted molar refractivity (Wildman–Crippen MR) is 38.8 cm³/mol. The Morgan fingerprint density at radius 1 is 1.80 bits per heavy atom. The summed E-state index contributed by atoms with van der Waals surface area (Å²) < 4.78 is 1.56. The summed E-state index contributed by atoms with van der Waals surface area (Å²) in [5.74, 6) is 0. The molecule has 0 saturated carbocycles. The van der Waals surface area contributed by atoms with Crippen molar-refractivity contribution in [1.29, 1.82) is 0 Å². The molecule has 4 nitrogen and oxygen atoms in total. The topological polar surface area (TPSA) is 63.8 Å². The quantitative estimate of drug-likeness (QED) is 0.580. The number of hydrogen-bond acceptors (Lipinski definition) is 2. The summed E-state index contributed by atoms with van der Waals surface area (Å²) in [6.07, 6.45) is 1.76. The highest BCUT2D eigenvalue weighted by atomic mass is 16.1. The number of aryl methyl sites for hydroxylation is 1. The van der Waals surface area contributed by atoms with Gasteiger partial charge in [-0.1, -0.05) is 0 Å². The van der Waals surface area contributed by atoms with E-state index >= 15 is 0 Å². The number of hydrogen-bond donors (Lipinski definition) is 2. The smallest absolute Gasteiger partial charge is 0.325 e. The van der Waals surface area contributed by atoms with Crippen LogP contribution in [-0.2, 0) is 6.54 Å². The van der Waals surface area contributed by atoms with Gasteiger partial charge >= 0.3 is 5.69 Å². The van der Waals surface area contributed by atoms with Gasteiger partial charge in [0.1, 0.15) is 0 Å². The van der Waals surface area contributed by atoms with Gasteiger partial charge in [-0.3, -0.25) is 4.57 Å². The van der Waals surface area contributed by atoms with Crippen LogP contribution in [0.4, 0.5) is 0 Å². The molecule has 0 bridgehead atoms. The number of nitrogens with one attached hydrogen (secondary N) is 1. The number of nitrogens with zero attached hydrogens (tertiary/aromatic N) is 1. The van der Waals surface area contributed by atoms with Gasteiger partial charge in [-0.25, -0.2) is 4.79 Å². The predicted octanol–water partition coefficient (Wildman–Crippen LogP) is -0.556. The maximum atomic E-state index is 10.9. The Kier molecular flexibility index (Phi) is 1.91. The second kappa shape index (κ2) is 2.70. The van der Waals surface area contributed by atoms with Crippen LogP contribution >= 0.6 is 0 Å². The summed E-state index contributed by atoms with van der Waals surface area (Å²) in [7, 11) is 0. The monoisotopic (exact) mass is 141 g/mol. The Morgan fingerprint density at radius 2 is 2.50 bits per heavy atom. The first-order valence-electron chi connectivity index (χ1n) is 3.20. The second-order valence-corrected chi connectivity index (χ2v) is 2.22. The van der Waals surface area contributed by atoms with Crippen molar-refractivity contribution in [3.63, 3.8) is 0 Å². The molecule has 0 aliphatic carbocycles. The summed E-state index contributed by atoms with van der Waals surface area (Å²) in [4.78, 5) is 13.5. The average Bonchev–Trinajstić information content (AvgIpc) is 2.13. The SMILES string of the molecule is Cc1cn(CCN)c(=O)[nH]1. The van der Waals surface area contributed by atoms with Gasteiger partial charge in [0.15, 0.2) is 0 Å². The van der Waals surface area contributed by atoms with Crippen molar-refractivity contribution in [2.24, 2.45) is 5.73 Å². The molecule has 10 heavy (non-hydrogen) atoms. The molecular formula is C6H11N3O. The largest absolute Gasteiger partial charge is 0.329 e. The van der Waals surface area contributed by atoms with Gasteiger partial charge in [0, 0.05) is 25.0 Å². The van der Waals surface area contributed by atoms with E-state index in [1.54, 1.807) is 10.8 Å². The van der Waals surface area contributed by atoms with Crippen molar-refractivity contribution in [1.82, 2.24) is 9.55 Å². The van der Waals surface area contributed by atoms with E-state index in [4.69, 9.17) is 5.73 Å². The Morgan fingerprint density at radius 3 is 2.90 bits per heavy atom. The van der Waals surface area contributed by atoms with Crippen molar-refractivity contribution in [2.75, 3.05) is 6.54 Å². The number of aromatic nitrogens is 2. The molecule has 1 heterocycles. The van der Waals surface area contributed by atoms with Crippen LogP contribution < -0.4 is 11.4 Å². The number of rotatable bonds is 2. The van der Waals surface area contributed by atoms with E-state index in [0.717, 1.165) is 5.69 Å². The fourth-order valence-corrected chi connectivity index (χ4v) is 0.870. The Hall–Kier alpha value is -1.03. The maximum Gasteiger partial charge on any atom is 0.325 e. The lowest BCUT2D eigenvalue weighted by molar-refractivity contribution is 0.683. The van der Waals surface area contributed by atoms with E-state index in [1.165, 1.54) is 0 Å². The molecule has 0 spiro atoms. The normalized spacial score (nSPS) is 10.2. The standard InChI is InChI=1S/C6H11N3O/c1-5-4-9(3-2-7)6(10)8-5/h4H,2-3,7H2,1H3,(H,8,10). The molecule has 1 aromatic rings. The van der Waals surface area contributed by atoms with Gasteiger partial charge in [-0.15, -0.1) is 0 Å². The van der Waals surface area contributed by atoms with Gasteiger partial charge in [0.2, 0.25) is 0 Å². The van der Waals surface area contributed by atoms with Crippen LogP contribution in [0.15, 0.2) is 11.0 Å². The molecule has 0 atom stereocenters. The molecule has 0 fully saturated rings. The molecule has 0 radical (unpaired) electrons. The third-order valence-electron chi connectivity index (χ3n) is 1.28. The minimum absolute atomic E-state index is 0.0806. The molecule has 0 unspecified atom stereocenters. The fraction of sp³-hybridized carbons (Fsp3) is 0.500. The maximum absolute atomic E-state index is 10.9. The molecule has 0 aromatic carbocycles. The molecule has 4 heteroatoms. The van der Waals surface area contributed by atoms with E-state index in [2.05, 4.69) is 4.98 Å². The van der Waals surface area contributed by atoms with Crippen molar-refractivity contribution in [3.8, 4) is 0 Å². The number of nitrogens with two attached hydrogens (primary N) is 1. The van der Waals surface area contributed by atoms with Gasteiger partial charge in [-0.05, 0) is 6.92 Å². The van der Waals surface area contributed by atoms with E-state index in [0.29, 0.717) is 13.1 Å². The average molecular weight is 141 g/mol. The first-order valence-corrected chi connectivity index (χ1v) is 3.20. The minimum atomic E-state index is -0.0806. The van der Waals surface area contributed by atoms with Crippen molar-refractivity contribution in [3.05, 3.63) is 22.4 Å². The zero-order valence-electron chi connectivity index (χ0n) is 5.92. The Balaban J connectivity index is 2.92. The van der Waals surface area contributed by atoms with E-state index in [1.807, 2.05) is 6.92 Å². The molecule has 0 aliphatic rings. The lowest BCUT2D eigenvalue weighted by Gasteiger charge is -1.93. The molecule has 1 aromatic heterocycles. The zero-order chi connectivity index (χ0) is 7.56. The van der Waals surface area contributed by atoms with Crippen LogP contribution in [0.25, 0.3) is 0 Å².